The molecule has 0 aliphatic heterocycles. The van der Waals surface area contributed by atoms with Gasteiger partial charge in [-0.25, -0.2) is 4.68 Å². The van der Waals surface area contributed by atoms with Gasteiger partial charge >= 0.3 is 6.61 Å². The molecule has 12 heteroatoms. The summed E-state index contributed by atoms with van der Waals surface area (Å²) in [6.07, 6.45) is 0. The normalized spacial score (nSPS) is 11.2. The highest BCUT2D eigenvalue weighted by Gasteiger charge is 2.14. The van der Waals surface area contributed by atoms with Crippen molar-refractivity contribution in [2.24, 2.45) is 0 Å². The molecule has 0 aliphatic carbocycles. The average Bonchev–Trinajstić information content (AvgIpc) is 3.12. The van der Waals surface area contributed by atoms with Crippen molar-refractivity contribution < 1.29 is 13.5 Å². The number of halogens is 3. The predicted octanol–water partition coefficient (Wildman–Crippen LogP) is 3.06. The van der Waals surface area contributed by atoms with Crippen molar-refractivity contribution in [1.82, 2.24) is 24.5 Å². The number of nitrogens with zero attached hydrogens (tertiary/aromatic N) is 5. The molecule has 2 N–H and O–H groups in total. The lowest BCUT2D eigenvalue weighted by molar-refractivity contribution is -0.0498. The largest absolute Gasteiger partial charge is 0.435 e. The van der Waals surface area contributed by atoms with Crippen molar-refractivity contribution in [3.63, 3.8) is 0 Å². The molecule has 0 unspecified atom stereocenters. The van der Waals surface area contributed by atoms with Gasteiger partial charge in [-0.2, -0.15) is 8.78 Å². The van der Waals surface area contributed by atoms with Crippen LogP contribution in [0.15, 0.2) is 29.4 Å². The van der Waals surface area contributed by atoms with Crippen molar-refractivity contribution in [2.45, 2.75) is 17.5 Å². The first kappa shape index (κ1) is 16.9. The highest BCUT2D eigenvalue weighted by Crippen LogP contribution is 2.28. The van der Waals surface area contributed by atoms with Gasteiger partial charge in [0.05, 0.1) is 0 Å². The molecular formula is C12H9ClF2N6OS2. The van der Waals surface area contributed by atoms with Crippen LogP contribution in [0.1, 0.15) is 5.69 Å². The quantitative estimate of drug-likeness (QED) is 0.510. The summed E-state index contributed by atoms with van der Waals surface area (Å²) in [6, 6.07) is 5.95. The number of aromatic nitrogens is 5. The van der Waals surface area contributed by atoms with Crippen molar-refractivity contribution in [3.8, 4) is 17.1 Å². The van der Waals surface area contributed by atoms with Crippen LogP contribution in [0.25, 0.3) is 11.4 Å². The van der Waals surface area contributed by atoms with E-state index in [0.717, 1.165) is 11.5 Å². The van der Waals surface area contributed by atoms with Gasteiger partial charge in [-0.3, -0.25) is 0 Å². The summed E-state index contributed by atoms with van der Waals surface area (Å²) in [5.74, 6) is 6.88. The van der Waals surface area contributed by atoms with Crippen LogP contribution in [0.5, 0.6) is 5.75 Å². The van der Waals surface area contributed by atoms with Crippen LogP contribution in [0, 0.1) is 0 Å². The van der Waals surface area contributed by atoms with Gasteiger partial charge in [0.15, 0.2) is 5.82 Å². The third-order valence-corrected chi connectivity index (χ3v) is 4.79. The molecule has 2 aromatic heterocycles. The van der Waals surface area contributed by atoms with Crippen LogP contribution in [0.4, 0.5) is 8.78 Å². The van der Waals surface area contributed by atoms with Gasteiger partial charge in [-0.1, -0.05) is 27.9 Å². The Morgan fingerprint density at radius 2 is 2.00 bits per heavy atom. The molecule has 0 fully saturated rings. The zero-order valence-corrected chi connectivity index (χ0v) is 14.2. The maximum Gasteiger partial charge on any atom is 0.387 e. The molecule has 24 heavy (non-hydrogen) atoms. The zero-order valence-electron chi connectivity index (χ0n) is 11.8. The van der Waals surface area contributed by atoms with Gasteiger partial charge in [-0.15, -0.1) is 15.3 Å². The van der Waals surface area contributed by atoms with Crippen LogP contribution in [0.2, 0.25) is 4.34 Å². The number of thioether (sulfide) groups is 1. The van der Waals surface area contributed by atoms with Gasteiger partial charge in [0, 0.05) is 22.8 Å². The summed E-state index contributed by atoms with van der Waals surface area (Å²) in [7, 11) is 0. The van der Waals surface area contributed by atoms with Crippen molar-refractivity contribution in [3.05, 3.63) is 34.3 Å². The molecule has 1 aromatic carbocycles. The minimum Gasteiger partial charge on any atom is -0.435 e. The number of alkyl halides is 2. The minimum absolute atomic E-state index is 0.0529. The van der Waals surface area contributed by atoms with Crippen LogP contribution in [-0.2, 0) is 5.75 Å². The molecule has 0 aliphatic rings. The van der Waals surface area contributed by atoms with E-state index in [4.69, 9.17) is 17.4 Å². The van der Waals surface area contributed by atoms with Gasteiger partial charge in [0.2, 0.25) is 5.16 Å². The topological polar surface area (TPSA) is 91.7 Å². The number of benzene rings is 1. The van der Waals surface area contributed by atoms with E-state index < -0.39 is 6.61 Å². The lowest BCUT2D eigenvalue weighted by atomic mass is 10.2. The van der Waals surface area contributed by atoms with E-state index in [2.05, 4.69) is 24.5 Å². The van der Waals surface area contributed by atoms with Crippen LogP contribution in [-0.4, -0.2) is 31.1 Å². The molecule has 0 amide bonds. The van der Waals surface area contributed by atoms with E-state index in [1.807, 2.05) is 0 Å². The first-order valence-corrected chi connectivity index (χ1v) is 8.53. The van der Waals surface area contributed by atoms with E-state index in [1.165, 1.54) is 28.6 Å². The summed E-state index contributed by atoms with van der Waals surface area (Å²) in [5.41, 5.74) is 1.26. The van der Waals surface area contributed by atoms with Gasteiger partial charge in [0.1, 0.15) is 15.8 Å². The first-order valence-electron chi connectivity index (χ1n) is 6.40. The number of hydrogen-bond donors (Lipinski definition) is 1. The molecule has 0 saturated carbocycles. The number of hydrogen-bond acceptors (Lipinski definition) is 8. The molecule has 0 bridgehead atoms. The van der Waals surface area contributed by atoms with Gasteiger partial charge < -0.3 is 10.6 Å². The van der Waals surface area contributed by atoms with Gasteiger partial charge in [-0.05, 0) is 24.3 Å². The molecule has 126 valence electrons. The monoisotopic (exact) mass is 390 g/mol. The summed E-state index contributed by atoms with van der Waals surface area (Å²) in [4.78, 5) is 0. The predicted molar refractivity (Wildman–Crippen MR) is 86.7 cm³/mol. The Kier molecular flexibility index (Phi) is 5.11. The van der Waals surface area contributed by atoms with E-state index in [1.54, 1.807) is 12.1 Å². The van der Waals surface area contributed by atoms with Crippen molar-refractivity contribution in [1.29, 1.82) is 0 Å². The first-order chi connectivity index (χ1) is 11.5. The molecule has 2 heterocycles. The third-order valence-electron chi connectivity index (χ3n) is 2.85. The molecule has 3 aromatic rings. The maximum atomic E-state index is 12.2. The Balaban J connectivity index is 1.73. The standard InChI is InChI=1S/C12H9ClF2N6OS2/c13-9-8(17-20-24-9)5-23-12-19-18-10(21(12)16)6-1-3-7(4-2-6)22-11(14)15/h1-4,11H,5,16H2. The fraction of sp³-hybridized carbons (Fsp3) is 0.167. The van der Waals surface area contributed by atoms with Crippen LogP contribution >= 0.6 is 34.9 Å². The average molecular weight is 391 g/mol. The summed E-state index contributed by atoms with van der Waals surface area (Å²) in [5, 5.41) is 12.4. The second kappa shape index (κ2) is 7.28. The summed E-state index contributed by atoms with van der Waals surface area (Å²) in [6.45, 7) is -2.87. The Hall–Kier alpha value is -1.98. The van der Waals surface area contributed by atoms with E-state index >= 15 is 0 Å². The SMILES string of the molecule is Nn1c(SCc2nnsc2Cl)nnc1-c1ccc(OC(F)F)cc1. The Labute approximate surface area is 147 Å². The van der Waals surface area contributed by atoms with Crippen molar-refractivity contribution in [2.75, 3.05) is 5.84 Å². The highest BCUT2D eigenvalue weighted by molar-refractivity contribution is 7.98. The number of ether oxygens (including phenoxy) is 1. The van der Waals surface area contributed by atoms with E-state index in [-0.39, 0.29) is 5.75 Å². The molecule has 0 radical (unpaired) electrons. The van der Waals surface area contributed by atoms with E-state index in [0.29, 0.717) is 32.3 Å². The Bertz CT molecular complexity index is 825. The number of rotatable bonds is 6. The summed E-state index contributed by atoms with van der Waals surface area (Å²) >= 11 is 8.35. The lowest BCUT2D eigenvalue weighted by Crippen LogP contribution is -2.11. The van der Waals surface area contributed by atoms with Crippen LogP contribution < -0.4 is 10.6 Å². The van der Waals surface area contributed by atoms with Crippen LogP contribution in [0.3, 0.4) is 0 Å². The third kappa shape index (κ3) is 3.74. The maximum absolute atomic E-state index is 12.2. The zero-order chi connectivity index (χ0) is 17.1. The second-order valence-electron chi connectivity index (χ2n) is 4.36. The molecule has 0 atom stereocenters. The minimum atomic E-state index is -2.87. The molecule has 0 spiro atoms. The summed E-state index contributed by atoms with van der Waals surface area (Å²) < 4.78 is 34.2. The molecular weight excluding hydrogens is 382 g/mol. The van der Waals surface area contributed by atoms with Crippen molar-refractivity contribution >= 4 is 34.9 Å². The molecule has 0 saturated heterocycles. The molecule has 3 rings (SSSR count). The fourth-order valence-electron chi connectivity index (χ4n) is 1.77. The second-order valence-corrected chi connectivity index (χ2v) is 6.66. The number of nitrogens with two attached hydrogens (primary N) is 1. The fourth-order valence-corrected chi connectivity index (χ4v) is 3.36. The lowest BCUT2D eigenvalue weighted by Gasteiger charge is -2.06. The Morgan fingerprint density at radius 1 is 1.25 bits per heavy atom. The number of nitrogen functional groups attached to an aromatic ring is 1. The van der Waals surface area contributed by atoms with E-state index in [9.17, 15) is 8.78 Å². The molecule has 7 nitrogen and oxygen atoms in total. The smallest absolute Gasteiger partial charge is 0.387 e. The highest BCUT2D eigenvalue weighted by atomic mass is 35.5. The van der Waals surface area contributed by atoms with Gasteiger partial charge in [0.25, 0.3) is 0 Å². The Morgan fingerprint density at radius 3 is 2.62 bits per heavy atom.